The van der Waals surface area contributed by atoms with Gasteiger partial charge in [0.05, 0.1) is 17.8 Å². The van der Waals surface area contributed by atoms with Gasteiger partial charge in [0.1, 0.15) is 5.75 Å². The van der Waals surface area contributed by atoms with E-state index < -0.39 is 5.91 Å². The number of hydrogen-bond donors (Lipinski definition) is 2. The monoisotopic (exact) mass is 518 g/mol. The van der Waals surface area contributed by atoms with Gasteiger partial charge in [0, 0.05) is 29.4 Å². The largest absolute Gasteiger partial charge is 0.494 e. The minimum absolute atomic E-state index is 0.0946. The molecule has 2 amide bonds. The van der Waals surface area contributed by atoms with Crippen LogP contribution in [-0.4, -0.2) is 34.9 Å². The van der Waals surface area contributed by atoms with Crippen molar-refractivity contribution in [3.05, 3.63) is 76.0 Å². The second-order valence-electron chi connectivity index (χ2n) is 7.09. The Kier molecular flexibility index (Phi) is 10.00. The maximum Gasteiger partial charge on any atom is 0.271 e. The highest BCUT2D eigenvalue weighted by atomic mass is 35.5. The van der Waals surface area contributed by atoms with E-state index in [0.717, 1.165) is 11.3 Å². The third-order valence-corrected chi connectivity index (χ3v) is 6.12. The van der Waals surface area contributed by atoms with Crippen molar-refractivity contribution in [3.63, 3.8) is 0 Å². The first-order valence-corrected chi connectivity index (χ1v) is 12.4. The van der Waals surface area contributed by atoms with Crippen LogP contribution in [-0.2, 0) is 10.5 Å². The number of aromatic nitrogens is 2. The van der Waals surface area contributed by atoms with Crippen LogP contribution in [0.5, 0.6) is 5.75 Å². The molecule has 0 aliphatic heterocycles. The summed E-state index contributed by atoms with van der Waals surface area (Å²) in [6, 6.07) is 14.7. The van der Waals surface area contributed by atoms with E-state index in [2.05, 4.69) is 20.6 Å². The summed E-state index contributed by atoms with van der Waals surface area (Å²) < 4.78 is 5.38. The summed E-state index contributed by atoms with van der Waals surface area (Å²) in [7, 11) is 0. The lowest BCUT2D eigenvalue weighted by molar-refractivity contribution is -0.116. The Morgan fingerprint density at radius 2 is 1.82 bits per heavy atom. The smallest absolute Gasteiger partial charge is 0.271 e. The van der Waals surface area contributed by atoms with Crippen molar-refractivity contribution >= 4 is 52.5 Å². The molecule has 0 unspecified atom stereocenters. The molecule has 34 heavy (non-hydrogen) atoms. The number of nitrogens with one attached hydrogen (secondary N) is 2. The van der Waals surface area contributed by atoms with Crippen LogP contribution < -0.4 is 15.4 Å². The number of hydrogen-bond acceptors (Lipinski definition) is 6. The summed E-state index contributed by atoms with van der Waals surface area (Å²) in [6.07, 6.45) is 2.12. The summed E-state index contributed by atoms with van der Waals surface area (Å²) in [5, 5.41) is 6.81. The van der Waals surface area contributed by atoms with Gasteiger partial charge in [-0.1, -0.05) is 53.2 Å². The first-order chi connectivity index (χ1) is 16.5. The van der Waals surface area contributed by atoms with Gasteiger partial charge in [0.25, 0.3) is 5.91 Å². The normalized spacial score (nSPS) is 10.6. The van der Waals surface area contributed by atoms with Crippen molar-refractivity contribution in [2.24, 2.45) is 0 Å². The van der Waals surface area contributed by atoms with E-state index in [0.29, 0.717) is 41.2 Å². The van der Waals surface area contributed by atoms with Gasteiger partial charge >= 0.3 is 0 Å². The average Bonchev–Trinajstić information content (AvgIpc) is 2.83. The Morgan fingerprint density at radius 3 is 2.56 bits per heavy atom. The van der Waals surface area contributed by atoms with Gasteiger partial charge in [-0.15, -0.1) is 0 Å². The lowest BCUT2D eigenvalue weighted by atomic mass is 10.2. The predicted octanol–water partition coefficient (Wildman–Crippen LogP) is 5.62. The molecule has 10 heteroatoms. The number of carbonyl (C=O) groups excluding carboxylic acids is 2. The molecule has 0 saturated heterocycles. The molecule has 0 spiro atoms. The number of ether oxygens (including phenoxy) is 1. The van der Waals surface area contributed by atoms with E-state index >= 15 is 0 Å². The van der Waals surface area contributed by atoms with E-state index in [1.165, 1.54) is 18.0 Å². The molecular formula is C24H24Cl2N4O3S. The lowest BCUT2D eigenvalue weighted by Crippen LogP contribution is -2.27. The van der Waals surface area contributed by atoms with Crippen LogP contribution in [0.1, 0.15) is 35.8 Å². The number of benzene rings is 2. The molecule has 1 heterocycles. The van der Waals surface area contributed by atoms with Crippen LogP contribution in [0.15, 0.2) is 59.9 Å². The van der Waals surface area contributed by atoms with E-state index in [1.807, 2.05) is 31.2 Å². The van der Waals surface area contributed by atoms with Gasteiger partial charge in [-0.25, -0.2) is 9.97 Å². The highest BCUT2D eigenvalue weighted by Gasteiger charge is 2.15. The van der Waals surface area contributed by atoms with Gasteiger partial charge < -0.3 is 15.4 Å². The highest BCUT2D eigenvalue weighted by Crippen LogP contribution is 2.25. The second-order valence-corrected chi connectivity index (χ2v) is 8.85. The molecule has 0 saturated carbocycles. The number of anilines is 1. The van der Waals surface area contributed by atoms with Crippen LogP contribution >= 0.6 is 35.0 Å². The quantitative estimate of drug-likeness (QED) is 0.194. The standard InChI is InChI=1S/C24H24Cl2N4O3S/c1-2-33-18-11-9-17(10-12-18)29-21(31)8-5-13-27-23(32)22-20(26)14-28-24(30-22)34-15-16-6-3-4-7-19(16)25/h3-4,6-7,9-12,14H,2,5,8,13,15H2,1H3,(H,27,32)(H,29,31). The fourth-order valence-corrected chi connectivity index (χ4v) is 4.17. The number of nitrogens with zero attached hydrogens (tertiary/aromatic N) is 2. The Hall–Kier alpha value is -2.81. The van der Waals surface area contributed by atoms with E-state index in [4.69, 9.17) is 27.9 Å². The zero-order valence-electron chi connectivity index (χ0n) is 18.5. The van der Waals surface area contributed by atoms with Crippen molar-refractivity contribution in [1.29, 1.82) is 0 Å². The van der Waals surface area contributed by atoms with Crippen molar-refractivity contribution in [3.8, 4) is 5.75 Å². The van der Waals surface area contributed by atoms with Crippen LogP contribution in [0.2, 0.25) is 10.0 Å². The molecule has 7 nitrogen and oxygen atoms in total. The maximum absolute atomic E-state index is 12.5. The number of rotatable bonds is 11. The van der Waals surface area contributed by atoms with Crippen molar-refractivity contribution < 1.29 is 14.3 Å². The third kappa shape index (κ3) is 7.90. The summed E-state index contributed by atoms with van der Waals surface area (Å²) in [5.74, 6) is 0.749. The predicted molar refractivity (Wildman–Crippen MR) is 136 cm³/mol. The molecule has 0 fully saturated rings. The van der Waals surface area contributed by atoms with Gasteiger partial charge in [0.15, 0.2) is 10.9 Å². The van der Waals surface area contributed by atoms with E-state index in [-0.39, 0.29) is 23.0 Å². The summed E-state index contributed by atoms with van der Waals surface area (Å²) in [4.78, 5) is 33.1. The molecule has 3 aromatic rings. The number of amides is 2. The van der Waals surface area contributed by atoms with E-state index in [9.17, 15) is 9.59 Å². The summed E-state index contributed by atoms with van der Waals surface area (Å²) >= 11 is 13.7. The van der Waals surface area contributed by atoms with Crippen molar-refractivity contribution in [2.45, 2.75) is 30.7 Å². The Bertz CT molecular complexity index is 1130. The second kappa shape index (κ2) is 13.2. The van der Waals surface area contributed by atoms with Gasteiger partial charge in [-0.2, -0.15) is 0 Å². The molecule has 1 aromatic heterocycles. The fourth-order valence-electron chi connectivity index (χ4n) is 2.90. The van der Waals surface area contributed by atoms with Crippen LogP contribution in [0.4, 0.5) is 5.69 Å². The minimum Gasteiger partial charge on any atom is -0.494 e. The molecule has 2 N–H and O–H groups in total. The molecule has 0 bridgehead atoms. The SMILES string of the molecule is CCOc1ccc(NC(=O)CCCNC(=O)c2nc(SCc3ccccc3Cl)ncc2Cl)cc1. The number of halogens is 2. The molecule has 0 aliphatic carbocycles. The fraction of sp³-hybridized carbons (Fsp3) is 0.250. The van der Waals surface area contributed by atoms with Crippen LogP contribution in [0.3, 0.4) is 0 Å². The van der Waals surface area contributed by atoms with Crippen LogP contribution in [0.25, 0.3) is 0 Å². The van der Waals surface area contributed by atoms with E-state index in [1.54, 1.807) is 24.3 Å². The molecule has 178 valence electrons. The molecule has 0 radical (unpaired) electrons. The zero-order chi connectivity index (χ0) is 24.3. The Morgan fingerprint density at radius 1 is 1.06 bits per heavy atom. The number of carbonyl (C=O) groups is 2. The third-order valence-electron chi connectivity index (χ3n) is 4.57. The Labute approximate surface area is 212 Å². The first-order valence-electron chi connectivity index (χ1n) is 10.7. The lowest BCUT2D eigenvalue weighted by Gasteiger charge is -2.09. The highest BCUT2D eigenvalue weighted by molar-refractivity contribution is 7.98. The van der Waals surface area contributed by atoms with Crippen molar-refractivity contribution in [1.82, 2.24) is 15.3 Å². The maximum atomic E-state index is 12.5. The minimum atomic E-state index is -0.418. The average molecular weight is 519 g/mol. The summed E-state index contributed by atoms with van der Waals surface area (Å²) in [5.41, 5.74) is 1.73. The Balaban J connectivity index is 1.44. The van der Waals surface area contributed by atoms with Gasteiger partial charge in [-0.3, -0.25) is 9.59 Å². The zero-order valence-corrected chi connectivity index (χ0v) is 20.8. The van der Waals surface area contributed by atoms with Crippen LogP contribution in [0, 0.1) is 0 Å². The molecule has 0 atom stereocenters. The topological polar surface area (TPSA) is 93.2 Å². The molecule has 2 aromatic carbocycles. The number of thioether (sulfide) groups is 1. The van der Waals surface area contributed by atoms with Crippen molar-refractivity contribution in [2.75, 3.05) is 18.5 Å². The van der Waals surface area contributed by atoms with Gasteiger partial charge in [-0.05, 0) is 49.2 Å². The first kappa shape index (κ1) is 25.8. The van der Waals surface area contributed by atoms with Gasteiger partial charge in [0.2, 0.25) is 5.91 Å². The summed E-state index contributed by atoms with van der Waals surface area (Å²) in [6.45, 7) is 2.80. The molecule has 3 rings (SSSR count). The molecule has 0 aliphatic rings. The molecular weight excluding hydrogens is 495 g/mol.